The summed E-state index contributed by atoms with van der Waals surface area (Å²) in [7, 11) is 0. The molecular weight excluding hydrogens is 197 g/mol. The fraction of sp³-hybridized carbons (Fsp3) is 0.364. The van der Waals surface area contributed by atoms with Crippen molar-refractivity contribution in [1.29, 1.82) is 0 Å². The number of halogens is 1. The second kappa shape index (κ2) is 3.98. The van der Waals surface area contributed by atoms with E-state index in [0.29, 0.717) is 24.3 Å². The van der Waals surface area contributed by atoms with Crippen LogP contribution in [0.4, 0.5) is 4.39 Å². The highest BCUT2D eigenvalue weighted by Gasteiger charge is 2.21. The van der Waals surface area contributed by atoms with Crippen LogP contribution in [0.25, 0.3) is 0 Å². The Labute approximate surface area is 87.2 Å². The molecule has 0 bridgehead atoms. The third kappa shape index (κ3) is 2.15. The maximum absolute atomic E-state index is 13.0. The summed E-state index contributed by atoms with van der Waals surface area (Å²) in [6.07, 6.45) is 0. The third-order valence-corrected chi connectivity index (χ3v) is 2.39. The van der Waals surface area contributed by atoms with Crippen LogP contribution >= 0.6 is 0 Å². The van der Waals surface area contributed by atoms with Gasteiger partial charge in [0.1, 0.15) is 5.82 Å². The summed E-state index contributed by atoms with van der Waals surface area (Å²) in [4.78, 5) is 11.6. The van der Waals surface area contributed by atoms with E-state index >= 15 is 0 Å². The lowest BCUT2D eigenvalue weighted by molar-refractivity contribution is -0.00346. The number of ether oxygens (including phenoxy) is 1. The van der Waals surface area contributed by atoms with E-state index in [2.05, 4.69) is 5.32 Å². The van der Waals surface area contributed by atoms with Gasteiger partial charge in [-0.3, -0.25) is 4.79 Å². The van der Waals surface area contributed by atoms with Crippen LogP contribution in [0, 0.1) is 12.7 Å². The molecule has 1 heterocycles. The molecule has 1 aliphatic heterocycles. The van der Waals surface area contributed by atoms with Crippen molar-refractivity contribution >= 4 is 5.91 Å². The Balaban J connectivity index is 2.07. The minimum absolute atomic E-state index is 0.0999. The average molecular weight is 209 g/mol. The van der Waals surface area contributed by atoms with E-state index in [1.165, 1.54) is 12.1 Å². The number of rotatable bonds is 2. The number of carbonyl (C=O) groups is 1. The van der Waals surface area contributed by atoms with Crippen LogP contribution < -0.4 is 5.32 Å². The topological polar surface area (TPSA) is 38.3 Å². The molecule has 0 spiro atoms. The molecule has 0 aromatic heterocycles. The fourth-order valence-electron chi connectivity index (χ4n) is 1.37. The summed E-state index contributed by atoms with van der Waals surface area (Å²) in [6.45, 7) is 2.76. The van der Waals surface area contributed by atoms with E-state index in [0.717, 1.165) is 0 Å². The first-order valence-electron chi connectivity index (χ1n) is 4.81. The van der Waals surface area contributed by atoms with Crippen molar-refractivity contribution in [3.8, 4) is 0 Å². The van der Waals surface area contributed by atoms with Gasteiger partial charge in [0.15, 0.2) is 0 Å². The predicted molar refractivity (Wildman–Crippen MR) is 53.2 cm³/mol. The quantitative estimate of drug-likeness (QED) is 0.796. The zero-order valence-electron chi connectivity index (χ0n) is 8.42. The van der Waals surface area contributed by atoms with Gasteiger partial charge in [-0.25, -0.2) is 4.39 Å². The van der Waals surface area contributed by atoms with Crippen molar-refractivity contribution in [3.63, 3.8) is 0 Å². The average Bonchev–Trinajstić information content (AvgIpc) is 2.15. The number of carbonyl (C=O) groups excluding carboxylic acids is 1. The van der Waals surface area contributed by atoms with E-state index in [4.69, 9.17) is 4.74 Å². The number of benzene rings is 1. The van der Waals surface area contributed by atoms with Crippen LogP contribution in [-0.4, -0.2) is 25.2 Å². The maximum Gasteiger partial charge on any atom is 0.251 e. The minimum Gasteiger partial charge on any atom is -0.377 e. The van der Waals surface area contributed by atoms with Crippen LogP contribution in [0.1, 0.15) is 15.9 Å². The number of nitrogens with one attached hydrogen (secondary N) is 1. The Morgan fingerprint density at radius 3 is 2.80 bits per heavy atom. The van der Waals surface area contributed by atoms with Gasteiger partial charge in [0.2, 0.25) is 0 Å². The lowest BCUT2D eigenvalue weighted by Gasteiger charge is -2.26. The summed E-state index contributed by atoms with van der Waals surface area (Å²) in [6, 6.07) is 4.44. The summed E-state index contributed by atoms with van der Waals surface area (Å²) in [5.74, 6) is -0.468. The minimum atomic E-state index is -0.293. The molecule has 1 saturated heterocycles. The van der Waals surface area contributed by atoms with Gasteiger partial charge in [-0.2, -0.15) is 0 Å². The first-order chi connectivity index (χ1) is 7.16. The van der Waals surface area contributed by atoms with Crippen molar-refractivity contribution in [2.75, 3.05) is 13.2 Å². The first-order valence-corrected chi connectivity index (χ1v) is 4.81. The highest BCUT2D eigenvalue weighted by Crippen LogP contribution is 2.10. The van der Waals surface area contributed by atoms with Crippen LogP contribution in [0.15, 0.2) is 18.2 Å². The zero-order chi connectivity index (χ0) is 10.8. The van der Waals surface area contributed by atoms with Gasteiger partial charge >= 0.3 is 0 Å². The first kappa shape index (κ1) is 10.1. The Hall–Kier alpha value is -1.42. The Kier molecular flexibility index (Phi) is 2.68. The smallest absolute Gasteiger partial charge is 0.251 e. The Bertz CT molecular complexity index is 388. The number of aryl methyl sites for hydroxylation is 1. The maximum atomic E-state index is 13.0. The molecule has 1 N–H and O–H groups in total. The standard InChI is InChI=1S/C11H12FNO2/c1-7-4-8(2-3-10(7)12)11(14)13-9-5-15-6-9/h2-4,9H,5-6H2,1H3,(H,13,14). The van der Waals surface area contributed by atoms with Crippen LogP contribution in [0.2, 0.25) is 0 Å². The molecule has 1 aromatic rings. The van der Waals surface area contributed by atoms with E-state index in [1.807, 2.05) is 0 Å². The summed E-state index contributed by atoms with van der Waals surface area (Å²) in [5.41, 5.74) is 0.966. The highest BCUT2D eigenvalue weighted by molar-refractivity contribution is 5.94. The molecule has 1 aromatic carbocycles. The summed E-state index contributed by atoms with van der Waals surface area (Å²) >= 11 is 0. The molecule has 1 amide bonds. The molecule has 0 aliphatic carbocycles. The van der Waals surface area contributed by atoms with E-state index in [-0.39, 0.29) is 17.8 Å². The molecule has 0 saturated carbocycles. The molecule has 0 unspecified atom stereocenters. The van der Waals surface area contributed by atoms with Crippen molar-refractivity contribution in [2.24, 2.45) is 0 Å². The molecule has 80 valence electrons. The van der Waals surface area contributed by atoms with Crippen molar-refractivity contribution in [2.45, 2.75) is 13.0 Å². The van der Waals surface area contributed by atoms with Gasteiger partial charge in [0, 0.05) is 5.56 Å². The molecule has 0 atom stereocenters. The molecule has 4 heteroatoms. The van der Waals surface area contributed by atoms with Crippen molar-refractivity contribution in [1.82, 2.24) is 5.32 Å². The predicted octanol–water partition coefficient (Wildman–Crippen LogP) is 1.26. The number of hydrogen-bond acceptors (Lipinski definition) is 2. The molecule has 1 aliphatic rings. The third-order valence-electron chi connectivity index (χ3n) is 2.39. The molecule has 15 heavy (non-hydrogen) atoms. The largest absolute Gasteiger partial charge is 0.377 e. The van der Waals surface area contributed by atoms with Gasteiger partial charge < -0.3 is 10.1 Å². The second-order valence-electron chi connectivity index (χ2n) is 3.67. The van der Waals surface area contributed by atoms with E-state index < -0.39 is 0 Å². The van der Waals surface area contributed by atoms with Crippen LogP contribution in [-0.2, 0) is 4.74 Å². The van der Waals surface area contributed by atoms with Crippen molar-refractivity contribution < 1.29 is 13.9 Å². The lowest BCUT2D eigenvalue weighted by atomic mass is 10.1. The van der Waals surface area contributed by atoms with Gasteiger partial charge in [-0.15, -0.1) is 0 Å². The van der Waals surface area contributed by atoms with E-state index in [9.17, 15) is 9.18 Å². The molecular formula is C11H12FNO2. The van der Waals surface area contributed by atoms with Gasteiger partial charge in [-0.05, 0) is 30.7 Å². The molecule has 2 rings (SSSR count). The fourth-order valence-corrected chi connectivity index (χ4v) is 1.37. The second-order valence-corrected chi connectivity index (χ2v) is 3.67. The number of amides is 1. The SMILES string of the molecule is Cc1cc(C(=O)NC2COC2)ccc1F. The van der Waals surface area contributed by atoms with Gasteiger partial charge in [-0.1, -0.05) is 0 Å². The molecule has 0 radical (unpaired) electrons. The summed E-state index contributed by atoms with van der Waals surface area (Å²) in [5, 5.41) is 2.79. The van der Waals surface area contributed by atoms with Crippen molar-refractivity contribution in [3.05, 3.63) is 35.1 Å². The van der Waals surface area contributed by atoms with Gasteiger partial charge in [0.25, 0.3) is 5.91 Å². The summed E-state index contributed by atoms with van der Waals surface area (Å²) < 4.78 is 17.9. The zero-order valence-corrected chi connectivity index (χ0v) is 8.42. The highest BCUT2D eigenvalue weighted by atomic mass is 19.1. The van der Waals surface area contributed by atoms with Crippen LogP contribution in [0.3, 0.4) is 0 Å². The lowest BCUT2D eigenvalue weighted by Crippen LogP contribution is -2.48. The normalized spacial score (nSPS) is 15.9. The number of hydrogen-bond donors (Lipinski definition) is 1. The van der Waals surface area contributed by atoms with Crippen LogP contribution in [0.5, 0.6) is 0 Å². The Morgan fingerprint density at radius 2 is 2.27 bits per heavy atom. The monoisotopic (exact) mass is 209 g/mol. The molecule has 1 fully saturated rings. The van der Waals surface area contributed by atoms with Gasteiger partial charge in [0.05, 0.1) is 19.3 Å². The molecule has 3 nitrogen and oxygen atoms in total. The Morgan fingerprint density at radius 1 is 1.53 bits per heavy atom. The van der Waals surface area contributed by atoms with E-state index in [1.54, 1.807) is 13.0 Å².